The Bertz CT molecular complexity index is 306. The van der Waals surface area contributed by atoms with E-state index in [2.05, 4.69) is 16.0 Å². The summed E-state index contributed by atoms with van der Waals surface area (Å²) in [6.45, 7) is 8.65. The van der Waals surface area contributed by atoms with Crippen LogP contribution in [0.5, 0.6) is 0 Å². The van der Waals surface area contributed by atoms with Crippen LogP contribution in [0.2, 0.25) is 0 Å². The fourth-order valence-electron chi connectivity index (χ4n) is 2.83. The Hall–Kier alpha value is -0.810. The first-order valence-electron chi connectivity index (χ1n) is 6.85. The largest absolute Gasteiger partial charge is 0.373 e. The molecule has 0 radical (unpaired) electrons. The van der Waals surface area contributed by atoms with Gasteiger partial charge < -0.3 is 20.7 Å². The Balaban J connectivity index is 1.93. The Morgan fingerprint density at radius 3 is 2.61 bits per heavy atom. The number of ether oxygens (including phenoxy) is 1. The molecule has 0 aliphatic carbocycles. The molecule has 0 aromatic rings. The van der Waals surface area contributed by atoms with Gasteiger partial charge in [-0.2, -0.15) is 0 Å². The minimum atomic E-state index is -0.204. The van der Waals surface area contributed by atoms with Crippen molar-refractivity contribution in [2.45, 2.75) is 57.2 Å². The van der Waals surface area contributed by atoms with E-state index in [1.807, 2.05) is 20.8 Å². The van der Waals surface area contributed by atoms with Crippen molar-refractivity contribution in [3.05, 3.63) is 0 Å². The smallest absolute Gasteiger partial charge is 0.315 e. The Morgan fingerprint density at radius 1 is 1.33 bits per heavy atom. The number of piperidine rings is 1. The van der Waals surface area contributed by atoms with E-state index in [9.17, 15) is 4.79 Å². The zero-order valence-electron chi connectivity index (χ0n) is 11.6. The zero-order valence-corrected chi connectivity index (χ0v) is 11.6. The molecule has 2 saturated heterocycles. The van der Waals surface area contributed by atoms with Crippen molar-refractivity contribution in [1.29, 1.82) is 0 Å². The molecule has 1 spiro atoms. The summed E-state index contributed by atoms with van der Waals surface area (Å²) in [5, 5.41) is 9.38. The van der Waals surface area contributed by atoms with Crippen LogP contribution in [0, 0.1) is 0 Å². The second-order valence-corrected chi connectivity index (χ2v) is 6.35. The summed E-state index contributed by atoms with van der Waals surface area (Å²) in [5.41, 5.74) is -0.342. The lowest BCUT2D eigenvalue weighted by molar-refractivity contribution is -0.0317. The molecule has 2 aliphatic heterocycles. The quantitative estimate of drug-likeness (QED) is 0.655. The number of rotatable bonds is 1. The molecule has 5 nitrogen and oxygen atoms in total. The average Bonchev–Trinajstić information content (AvgIpc) is 2.60. The Kier molecular flexibility index (Phi) is 3.82. The molecular formula is C13H25N3O2. The molecule has 2 fully saturated rings. The predicted octanol–water partition coefficient (Wildman–Crippen LogP) is 0.995. The van der Waals surface area contributed by atoms with Gasteiger partial charge in [0.2, 0.25) is 0 Å². The number of urea groups is 1. The van der Waals surface area contributed by atoms with Gasteiger partial charge in [-0.3, -0.25) is 0 Å². The fraction of sp³-hybridized carbons (Fsp3) is 0.923. The maximum absolute atomic E-state index is 11.9. The molecule has 1 atom stereocenters. The third-order valence-electron chi connectivity index (χ3n) is 3.67. The van der Waals surface area contributed by atoms with Gasteiger partial charge in [0.25, 0.3) is 0 Å². The van der Waals surface area contributed by atoms with E-state index in [1.165, 1.54) is 0 Å². The third-order valence-corrected chi connectivity index (χ3v) is 3.67. The third kappa shape index (κ3) is 3.14. The van der Waals surface area contributed by atoms with Crippen LogP contribution >= 0.6 is 0 Å². The lowest BCUT2D eigenvalue weighted by atomic mass is 9.85. The van der Waals surface area contributed by atoms with Gasteiger partial charge in [-0.15, -0.1) is 0 Å². The van der Waals surface area contributed by atoms with Crippen molar-refractivity contribution in [3.8, 4) is 0 Å². The Morgan fingerprint density at radius 2 is 2.00 bits per heavy atom. The van der Waals surface area contributed by atoms with Crippen molar-refractivity contribution >= 4 is 6.03 Å². The summed E-state index contributed by atoms with van der Waals surface area (Å²) in [7, 11) is 0. The molecule has 0 saturated carbocycles. The molecule has 0 bridgehead atoms. The highest BCUT2D eigenvalue weighted by atomic mass is 16.5. The first-order chi connectivity index (χ1) is 8.41. The first-order valence-corrected chi connectivity index (χ1v) is 6.85. The van der Waals surface area contributed by atoms with E-state index >= 15 is 0 Å². The lowest BCUT2D eigenvalue weighted by Gasteiger charge is -2.38. The molecule has 104 valence electrons. The SMILES string of the molecule is CC(C)(C)NC(=O)NC1CCOC12CCNCC2. The molecule has 0 aromatic carbocycles. The molecular weight excluding hydrogens is 230 g/mol. The van der Waals surface area contributed by atoms with Gasteiger partial charge in [-0.1, -0.05) is 0 Å². The number of carbonyl (C=O) groups is 1. The summed E-state index contributed by atoms with van der Waals surface area (Å²) in [5.74, 6) is 0. The normalized spacial score (nSPS) is 27.2. The maximum Gasteiger partial charge on any atom is 0.315 e. The second kappa shape index (κ2) is 5.05. The standard InChI is InChI=1S/C13H25N3O2/c1-12(2,3)16-11(17)15-10-4-9-18-13(10)5-7-14-8-6-13/h10,14H,4-9H2,1-3H3,(H2,15,16,17). The number of amides is 2. The van der Waals surface area contributed by atoms with Crippen LogP contribution in [-0.4, -0.2) is 42.9 Å². The average molecular weight is 255 g/mol. The second-order valence-electron chi connectivity index (χ2n) is 6.35. The van der Waals surface area contributed by atoms with Crippen LogP contribution in [0.15, 0.2) is 0 Å². The molecule has 5 heteroatoms. The van der Waals surface area contributed by atoms with Gasteiger partial charge in [0.1, 0.15) is 0 Å². The molecule has 2 amide bonds. The first kappa shape index (κ1) is 13.6. The van der Waals surface area contributed by atoms with Crippen LogP contribution < -0.4 is 16.0 Å². The summed E-state index contributed by atoms with van der Waals surface area (Å²) < 4.78 is 5.94. The van der Waals surface area contributed by atoms with E-state index in [0.29, 0.717) is 0 Å². The van der Waals surface area contributed by atoms with Crippen molar-refractivity contribution in [3.63, 3.8) is 0 Å². The minimum absolute atomic E-state index is 0.0871. The molecule has 18 heavy (non-hydrogen) atoms. The van der Waals surface area contributed by atoms with Gasteiger partial charge in [0.05, 0.1) is 11.6 Å². The van der Waals surface area contributed by atoms with Crippen molar-refractivity contribution in [2.24, 2.45) is 0 Å². The van der Waals surface area contributed by atoms with E-state index in [4.69, 9.17) is 4.74 Å². The summed E-state index contributed by atoms with van der Waals surface area (Å²) in [6, 6.07) is 0.0536. The molecule has 0 aromatic heterocycles. The fourth-order valence-corrected chi connectivity index (χ4v) is 2.83. The van der Waals surface area contributed by atoms with Crippen molar-refractivity contribution in [2.75, 3.05) is 19.7 Å². The monoisotopic (exact) mass is 255 g/mol. The highest BCUT2D eigenvalue weighted by Gasteiger charge is 2.45. The highest BCUT2D eigenvalue weighted by Crippen LogP contribution is 2.34. The van der Waals surface area contributed by atoms with Crippen LogP contribution in [0.3, 0.4) is 0 Å². The zero-order chi connectivity index (χ0) is 13.2. The molecule has 1 unspecified atom stereocenters. The Labute approximate surface area is 109 Å². The van der Waals surface area contributed by atoms with Gasteiger partial charge in [0, 0.05) is 12.1 Å². The van der Waals surface area contributed by atoms with Crippen LogP contribution in [0.1, 0.15) is 40.0 Å². The highest BCUT2D eigenvalue weighted by molar-refractivity contribution is 5.75. The maximum atomic E-state index is 11.9. The summed E-state index contributed by atoms with van der Waals surface area (Å²) in [6.07, 6.45) is 2.87. The molecule has 2 rings (SSSR count). The van der Waals surface area contributed by atoms with Crippen molar-refractivity contribution in [1.82, 2.24) is 16.0 Å². The number of carbonyl (C=O) groups excluding carboxylic acids is 1. The van der Waals surface area contributed by atoms with Gasteiger partial charge in [-0.05, 0) is 53.1 Å². The predicted molar refractivity (Wildman–Crippen MR) is 70.6 cm³/mol. The van der Waals surface area contributed by atoms with Crippen LogP contribution in [0.4, 0.5) is 4.79 Å². The number of nitrogens with one attached hydrogen (secondary N) is 3. The minimum Gasteiger partial charge on any atom is -0.373 e. The molecule has 2 aliphatic rings. The van der Waals surface area contributed by atoms with E-state index in [1.54, 1.807) is 0 Å². The topological polar surface area (TPSA) is 62.4 Å². The van der Waals surface area contributed by atoms with Crippen LogP contribution in [-0.2, 0) is 4.74 Å². The van der Waals surface area contributed by atoms with Gasteiger partial charge >= 0.3 is 6.03 Å². The summed E-state index contributed by atoms with van der Waals surface area (Å²) in [4.78, 5) is 11.9. The number of hydrogen-bond donors (Lipinski definition) is 3. The summed E-state index contributed by atoms with van der Waals surface area (Å²) >= 11 is 0. The van der Waals surface area contributed by atoms with E-state index in [-0.39, 0.29) is 23.2 Å². The van der Waals surface area contributed by atoms with Crippen LogP contribution in [0.25, 0.3) is 0 Å². The molecule has 3 N–H and O–H groups in total. The van der Waals surface area contributed by atoms with E-state index in [0.717, 1.165) is 39.0 Å². The van der Waals surface area contributed by atoms with Gasteiger partial charge in [-0.25, -0.2) is 4.79 Å². The lowest BCUT2D eigenvalue weighted by Crippen LogP contribution is -2.58. The van der Waals surface area contributed by atoms with Crippen molar-refractivity contribution < 1.29 is 9.53 Å². The molecule has 2 heterocycles. The number of hydrogen-bond acceptors (Lipinski definition) is 3. The van der Waals surface area contributed by atoms with Gasteiger partial charge in [0.15, 0.2) is 0 Å². The van der Waals surface area contributed by atoms with E-state index < -0.39 is 0 Å².